The topological polar surface area (TPSA) is 630 Å². The third-order valence-electron chi connectivity index (χ3n) is 10.8. The van der Waals surface area contributed by atoms with Gasteiger partial charge in [0.25, 0.3) is 0 Å². The van der Waals surface area contributed by atoms with Gasteiger partial charge < -0.3 is 112 Å². The summed E-state index contributed by atoms with van der Waals surface area (Å²) in [5.74, 6) is -3.67. The smallest absolute Gasteiger partial charge is 0.407 e. The van der Waals surface area contributed by atoms with Gasteiger partial charge in [0.2, 0.25) is 29.7 Å². The third kappa shape index (κ3) is 74.4. The van der Waals surface area contributed by atoms with Crippen LogP contribution in [0.15, 0.2) is 4.66 Å². The van der Waals surface area contributed by atoms with E-state index in [4.69, 9.17) is 41.3 Å². The zero-order chi connectivity index (χ0) is 87.6. The highest BCUT2D eigenvalue weighted by Gasteiger charge is 2.29. The van der Waals surface area contributed by atoms with E-state index in [2.05, 4.69) is 87.4 Å². The number of ether oxygens (including phenoxy) is 8. The number of nitrogens with one attached hydrogen (secondary N) is 9. The van der Waals surface area contributed by atoms with Gasteiger partial charge in [-0.1, -0.05) is 15.9 Å². The van der Waals surface area contributed by atoms with E-state index in [-0.39, 0.29) is 130 Å². The molecule has 4 aliphatic rings. The van der Waals surface area contributed by atoms with E-state index < -0.39 is 97.0 Å². The highest BCUT2D eigenvalue weighted by Crippen LogP contribution is 2.11. The van der Waals surface area contributed by atoms with Crippen LogP contribution in [-0.2, 0) is 90.6 Å². The van der Waals surface area contributed by atoms with E-state index in [0.717, 1.165) is 16.7 Å². The lowest BCUT2D eigenvalue weighted by atomic mass is 10.2. The second kappa shape index (κ2) is 61.0. The number of alkyl halides is 1. The molecule has 16 amide bonds. The molecule has 4 aliphatic heterocycles. The molecule has 0 radical (unpaired) electrons. The Morgan fingerprint density at radius 3 is 1.22 bits per heavy atom. The van der Waals surface area contributed by atoms with Crippen LogP contribution in [0, 0.1) is 0 Å². The van der Waals surface area contributed by atoms with E-state index in [9.17, 15) is 91.1 Å². The highest BCUT2D eigenvalue weighted by molar-refractivity contribution is 9.09. The molecule has 16 N–H and O–H groups in total. The Bertz CT molecular complexity index is 3070. The molecule has 0 saturated carbocycles. The van der Waals surface area contributed by atoms with Gasteiger partial charge >= 0.3 is 84.3 Å². The van der Waals surface area contributed by atoms with Crippen molar-refractivity contribution in [2.24, 2.45) is 21.9 Å². The number of imide groups is 3. The lowest BCUT2D eigenvalue weighted by molar-refractivity contribution is -0.156. The molecular weight excluding hydrogens is 1610 g/mol. The third-order valence-corrected chi connectivity index (χ3v) is 13.8. The Morgan fingerprint density at radius 1 is 0.562 bits per heavy atom. The predicted octanol–water partition coefficient (Wildman–Crippen LogP) is -0.645. The number of halogens is 1. The maximum Gasteiger partial charge on any atom is 0.407 e. The number of cyclic esters (lactones) is 2. The van der Waals surface area contributed by atoms with Gasteiger partial charge in [0, 0.05) is 78.5 Å². The first-order valence-corrected chi connectivity index (χ1v) is 40.5. The Balaban J connectivity index is -0.000000392. The van der Waals surface area contributed by atoms with Crippen LogP contribution in [0.5, 0.6) is 0 Å². The molecular formula is C63H114BrN17O28S2Si. The van der Waals surface area contributed by atoms with Gasteiger partial charge in [-0.05, 0) is 103 Å². The number of urea groups is 4. The molecule has 0 spiro atoms. The van der Waals surface area contributed by atoms with Gasteiger partial charge in [-0.3, -0.25) is 63.9 Å². The van der Waals surface area contributed by atoms with Crippen LogP contribution in [-0.4, -0.2) is 330 Å². The SMILES string of the molecule is CC(C)(C)OC(=O)NCCN.CC(C)(C)OC(=O)NCCN1CC(=O)NC1=O.COC(=O)CBr.COC(=O)CN(CCNC(=O)OC(C)(C)C)C(N)=O.COC(=O)CNCCNC(=O)OC(C)(C)C.C[Si](C)(C)N=C=O.NCCN1CC(=O)NC1=O.O=C(O)CSCC(=O)NCCN1CC(=O)NC1=O.O=C1CSCC(=O)O1. The number of esters is 5. The van der Waals surface area contributed by atoms with Crippen molar-refractivity contribution in [2.45, 2.75) is 125 Å². The fourth-order valence-electron chi connectivity index (χ4n) is 6.37. The lowest BCUT2D eigenvalue weighted by Gasteiger charge is -2.21. The Labute approximate surface area is 668 Å². The molecule has 45 nitrogen and oxygen atoms in total. The number of amides is 16. The summed E-state index contributed by atoms with van der Waals surface area (Å²) in [6, 6.07) is -2.00. The number of carbonyl (C=O) groups is 18. The zero-order valence-corrected chi connectivity index (χ0v) is 70.9. The van der Waals surface area contributed by atoms with Crippen LogP contribution in [0.3, 0.4) is 0 Å². The number of nitrogens with two attached hydrogens (primary N) is 3. The maximum absolute atomic E-state index is 11.3. The van der Waals surface area contributed by atoms with E-state index in [0.29, 0.717) is 50.8 Å². The quantitative estimate of drug-likeness (QED) is 0.00589. The number of carbonyl (C=O) groups excluding carboxylic acids is 18. The van der Waals surface area contributed by atoms with Crippen LogP contribution >= 0.6 is 39.5 Å². The molecule has 4 fully saturated rings. The van der Waals surface area contributed by atoms with Crippen molar-refractivity contribution in [3.05, 3.63) is 0 Å². The predicted molar refractivity (Wildman–Crippen MR) is 412 cm³/mol. The zero-order valence-electron chi connectivity index (χ0n) is 66.7. The van der Waals surface area contributed by atoms with Gasteiger partial charge in [-0.15, -0.1) is 23.5 Å². The number of primary amides is 1. The van der Waals surface area contributed by atoms with E-state index in [1.165, 1.54) is 47.8 Å². The minimum Gasteiger partial charge on any atom is -0.481 e. The molecule has 4 heterocycles. The van der Waals surface area contributed by atoms with Crippen molar-refractivity contribution in [2.75, 3.05) is 161 Å². The number of isocyanates is 1. The first-order valence-electron chi connectivity index (χ1n) is 33.6. The number of thioether (sulfide) groups is 2. The summed E-state index contributed by atoms with van der Waals surface area (Å²) in [5, 5.41) is 30.4. The Hall–Kier alpha value is -9.68. The van der Waals surface area contributed by atoms with Crippen LogP contribution in [0.1, 0.15) is 83.1 Å². The minimum atomic E-state index is -1.46. The van der Waals surface area contributed by atoms with Crippen molar-refractivity contribution >= 4 is 162 Å². The largest absolute Gasteiger partial charge is 0.481 e. The second-order valence-corrected chi connectivity index (χ2v) is 34.0. The number of nitrogens with zero attached hydrogens (tertiary/aromatic N) is 5. The first-order chi connectivity index (χ1) is 51.6. The molecule has 0 bridgehead atoms. The van der Waals surface area contributed by atoms with Crippen molar-refractivity contribution in [1.29, 1.82) is 0 Å². The van der Waals surface area contributed by atoms with Crippen molar-refractivity contribution in [3.8, 4) is 0 Å². The van der Waals surface area contributed by atoms with E-state index in [1.54, 1.807) is 68.4 Å². The molecule has 4 saturated heterocycles. The van der Waals surface area contributed by atoms with E-state index >= 15 is 0 Å². The average molecular weight is 1730 g/mol. The molecule has 112 heavy (non-hydrogen) atoms. The number of hydrogen-bond donors (Lipinski definition) is 13. The summed E-state index contributed by atoms with van der Waals surface area (Å²) in [4.78, 5) is 209. The monoisotopic (exact) mass is 1730 g/mol. The van der Waals surface area contributed by atoms with Crippen molar-refractivity contribution in [3.63, 3.8) is 0 Å². The van der Waals surface area contributed by atoms with Gasteiger partial charge in [0.05, 0.1) is 50.9 Å². The van der Waals surface area contributed by atoms with Crippen LogP contribution in [0.2, 0.25) is 19.6 Å². The Morgan fingerprint density at radius 2 is 0.938 bits per heavy atom. The first kappa shape index (κ1) is 111. The second-order valence-electron chi connectivity index (χ2n) is 26.9. The highest BCUT2D eigenvalue weighted by atomic mass is 79.9. The van der Waals surface area contributed by atoms with Crippen LogP contribution < -0.4 is 65.1 Å². The number of carboxylic acids is 1. The van der Waals surface area contributed by atoms with Gasteiger partial charge in [-0.2, -0.15) is 0 Å². The average Bonchev–Trinajstić information content (AvgIpc) is 1.75. The molecule has 4 rings (SSSR count). The van der Waals surface area contributed by atoms with Gasteiger partial charge in [-0.25, -0.2) is 47.8 Å². The number of aliphatic carboxylic acids is 1. The Kier molecular flexibility index (Phi) is 60.4. The number of alkyl carbamates (subject to hydrolysis) is 4. The lowest BCUT2D eigenvalue weighted by Crippen LogP contribution is -2.44. The molecule has 0 aromatic carbocycles. The molecule has 49 heteroatoms. The molecule has 0 aliphatic carbocycles. The fourth-order valence-corrected chi connectivity index (χ4v) is 7.99. The van der Waals surface area contributed by atoms with Gasteiger partial charge in [0.1, 0.15) is 53.9 Å². The van der Waals surface area contributed by atoms with Crippen molar-refractivity contribution < 1.29 is 134 Å². The van der Waals surface area contributed by atoms with Crippen LogP contribution in [0.25, 0.3) is 0 Å². The van der Waals surface area contributed by atoms with Crippen LogP contribution in [0.4, 0.5) is 38.4 Å². The fraction of sp³-hybridized carbons (Fsp3) is 0.698. The van der Waals surface area contributed by atoms with Crippen molar-refractivity contribution in [1.82, 2.24) is 67.5 Å². The summed E-state index contributed by atoms with van der Waals surface area (Å²) in [5.41, 5.74) is 13.4. The minimum absolute atomic E-state index is 0.00245. The number of carboxylic acid groups (broad SMARTS) is 1. The molecule has 0 aromatic heterocycles. The molecule has 0 aromatic rings. The summed E-state index contributed by atoms with van der Waals surface area (Å²) in [6.45, 7) is 31.1. The summed E-state index contributed by atoms with van der Waals surface area (Å²) < 4.78 is 40.8. The normalized spacial score (nSPS) is 13.2. The molecule has 0 atom stereocenters. The summed E-state index contributed by atoms with van der Waals surface area (Å²) in [7, 11) is 2.43. The number of hydrogen-bond acceptors (Lipinski definition) is 33. The number of methoxy groups -OCH3 is 3. The maximum atomic E-state index is 11.3. The number of rotatable bonds is 26. The molecule has 642 valence electrons. The van der Waals surface area contributed by atoms with E-state index in [1.807, 2.05) is 40.4 Å². The van der Waals surface area contributed by atoms with Gasteiger partial charge in [0.15, 0.2) is 8.24 Å². The summed E-state index contributed by atoms with van der Waals surface area (Å²) in [6.07, 6.45) is -0.475. The standard InChI is InChI=1S/C11H21N3O5.C10H17N3O4.C10H20N2O4.C9H13N3O5S.C7H16N2O2.C5H9N3O2.C4H9NOSi.C4H4O3S.C3H5BrO2/c1-11(2,3)19-10(17)13-5-6-14(9(12)16)7-8(15)18-4;1-10(2,3)17-9(16)11-4-5-13-6-7(14)12-8(13)15;1-10(2,3)16-9(14)12-6-5-11-7-8(13)15-4;13-6-3-12(9(17)11-6)2-1-10-7(14)4-18-5-8(15)16;1-7(2,3)11-6(10)9-5-4-8;6-1-2-8-3-4(9)7-5(8)10;1-7(2,3)5-4-6;5-3-1-8-2-4(6)7-3;1-6-3(5)2-4/h5-7H2,1-4H3,(H2,12,16)(H,13,17);4-6H2,1-3H3,(H,11,16)(H,12,14,15);11H,5-7H2,1-4H3,(H,12,14);1-5H2,(H,10,14)(H,15,16)(H,11,13,17);4-5,8H2,1-3H3,(H,9,10);1-3,6H2,(H,7,9,10);1-3H3;1-2H2;2H2,1H3. The summed E-state index contributed by atoms with van der Waals surface area (Å²) >= 11 is 5.18. The molecule has 0 unspecified atom stereocenters.